The highest BCUT2D eigenvalue weighted by Gasteiger charge is 2.23. The van der Waals surface area contributed by atoms with Crippen LogP contribution in [0.15, 0.2) is 30.3 Å². The maximum atomic E-state index is 12.4. The quantitative estimate of drug-likeness (QED) is 0.787. The van der Waals surface area contributed by atoms with Crippen molar-refractivity contribution in [2.45, 2.75) is 25.4 Å². The molecule has 1 unspecified atom stereocenters. The SMILES string of the molecule is O=C(CN1CCN(CC(O)COc2ccccc2)CC1)N1CCCCC1. The Labute approximate surface area is 156 Å². The van der Waals surface area contributed by atoms with E-state index in [9.17, 15) is 9.90 Å². The maximum Gasteiger partial charge on any atom is 0.236 e. The number of amides is 1. The third-order valence-electron chi connectivity index (χ3n) is 5.19. The first kappa shape index (κ1) is 19.1. The van der Waals surface area contributed by atoms with Gasteiger partial charge in [-0.2, -0.15) is 0 Å². The molecular formula is C20H31N3O3. The predicted octanol–water partition coefficient (Wildman–Crippen LogP) is 1.06. The summed E-state index contributed by atoms with van der Waals surface area (Å²) in [7, 11) is 0. The summed E-state index contributed by atoms with van der Waals surface area (Å²) in [6.07, 6.45) is 3.03. The number of hydrogen-bond acceptors (Lipinski definition) is 5. The summed E-state index contributed by atoms with van der Waals surface area (Å²) in [4.78, 5) is 18.9. The fourth-order valence-corrected chi connectivity index (χ4v) is 3.62. The van der Waals surface area contributed by atoms with E-state index < -0.39 is 6.10 Å². The van der Waals surface area contributed by atoms with Gasteiger partial charge in [-0.3, -0.25) is 14.6 Å². The van der Waals surface area contributed by atoms with Crippen molar-refractivity contribution in [3.8, 4) is 5.75 Å². The van der Waals surface area contributed by atoms with Gasteiger partial charge in [-0.15, -0.1) is 0 Å². The van der Waals surface area contributed by atoms with E-state index in [0.717, 1.165) is 57.9 Å². The molecule has 1 aromatic carbocycles. The van der Waals surface area contributed by atoms with E-state index in [1.54, 1.807) is 0 Å². The van der Waals surface area contributed by atoms with Crippen LogP contribution in [-0.4, -0.2) is 90.8 Å². The van der Waals surface area contributed by atoms with Crippen molar-refractivity contribution in [1.29, 1.82) is 0 Å². The van der Waals surface area contributed by atoms with Crippen LogP contribution < -0.4 is 4.74 Å². The summed E-state index contributed by atoms with van der Waals surface area (Å²) in [5.41, 5.74) is 0. The van der Waals surface area contributed by atoms with E-state index in [2.05, 4.69) is 9.80 Å². The Morgan fingerprint density at radius 2 is 1.62 bits per heavy atom. The first-order valence-corrected chi connectivity index (χ1v) is 9.79. The Kier molecular flexibility index (Phi) is 7.29. The zero-order valence-electron chi connectivity index (χ0n) is 15.6. The smallest absolute Gasteiger partial charge is 0.236 e. The fourth-order valence-electron chi connectivity index (χ4n) is 3.62. The van der Waals surface area contributed by atoms with Crippen LogP contribution in [0, 0.1) is 0 Å². The number of rotatable bonds is 7. The van der Waals surface area contributed by atoms with Gasteiger partial charge in [0.2, 0.25) is 5.91 Å². The summed E-state index contributed by atoms with van der Waals surface area (Å²) in [5, 5.41) is 10.2. The maximum absolute atomic E-state index is 12.4. The van der Waals surface area contributed by atoms with Crippen molar-refractivity contribution in [2.75, 3.05) is 59.0 Å². The van der Waals surface area contributed by atoms with Gasteiger partial charge in [0.25, 0.3) is 0 Å². The van der Waals surface area contributed by atoms with Crippen LogP contribution in [0.1, 0.15) is 19.3 Å². The molecule has 3 rings (SSSR count). The highest BCUT2D eigenvalue weighted by Crippen LogP contribution is 2.11. The summed E-state index contributed by atoms with van der Waals surface area (Å²) in [6, 6.07) is 9.58. The number of aliphatic hydroxyl groups is 1. The van der Waals surface area contributed by atoms with Crippen molar-refractivity contribution >= 4 is 5.91 Å². The molecule has 6 heteroatoms. The Morgan fingerprint density at radius 1 is 0.962 bits per heavy atom. The largest absolute Gasteiger partial charge is 0.491 e. The lowest BCUT2D eigenvalue weighted by Crippen LogP contribution is -2.52. The summed E-state index contributed by atoms with van der Waals surface area (Å²) in [5.74, 6) is 1.06. The molecule has 0 radical (unpaired) electrons. The number of nitrogens with zero attached hydrogens (tertiary/aromatic N) is 3. The number of piperidine rings is 1. The zero-order valence-corrected chi connectivity index (χ0v) is 15.6. The molecule has 0 aromatic heterocycles. The molecule has 26 heavy (non-hydrogen) atoms. The van der Waals surface area contributed by atoms with Crippen LogP contribution >= 0.6 is 0 Å². The van der Waals surface area contributed by atoms with Crippen LogP contribution in [0.5, 0.6) is 5.75 Å². The van der Waals surface area contributed by atoms with E-state index >= 15 is 0 Å². The summed E-state index contributed by atoms with van der Waals surface area (Å²) in [6.45, 7) is 6.83. The Bertz CT molecular complexity index is 540. The van der Waals surface area contributed by atoms with E-state index in [-0.39, 0.29) is 5.91 Å². The molecular weight excluding hydrogens is 330 g/mol. The second kappa shape index (κ2) is 9.90. The molecule has 1 amide bonds. The molecule has 0 aliphatic carbocycles. The average molecular weight is 361 g/mol. The van der Waals surface area contributed by atoms with E-state index in [4.69, 9.17) is 4.74 Å². The van der Waals surface area contributed by atoms with Crippen molar-refractivity contribution in [1.82, 2.24) is 14.7 Å². The fraction of sp³-hybridized carbons (Fsp3) is 0.650. The Morgan fingerprint density at radius 3 is 2.31 bits per heavy atom. The summed E-state index contributed by atoms with van der Waals surface area (Å²) < 4.78 is 5.61. The molecule has 2 aliphatic rings. The predicted molar refractivity (Wildman–Crippen MR) is 101 cm³/mol. The molecule has 0 saturated carbocycles. The van der Waals surface area contributed by atoms with Gasteiger partial charge in [-0.25, -0.2) is 0 Å². The van der Waals surface area contributed by atoms with Crippen molar-refractivity contribution < 1.29 is 14.6 Å². The molecule has 0 spiro atoms. The second-order valence-electron chi connectivity index (χ2n) is 7.30. The monoisotopic (exact) mass is 361 g/mol. The van der Waals surface area contributed by atoms with E-state index in [1.807, 2.05) is 35.2 Å². The number of β-amino-alcohol motifs (C(OH)–C–C–N with tert-alkyl or cyclic N) is 1. The third kappa shape index (κ3) is 5.97. The lowest BCUT2D eigenvalue weighted by atomic mass is 10.1. The number of benzene rings is 1. The van der Waals surface area contributed by atoms with Crippen LogP contribution in [0.25, 0.3) is 0 Å². The molecule has 1 aromatic rings. The minimum absolute atomic E-state index is 0.273. The molecule has 1 N–H and O–H groups in total. The van der Waals surface area contributed by atoms with Crippen molar-refractivity contribution in [3.05, 3.63) is 30.3 Å². The molecule has 2 saturated heterocycles. The van der Waals surface area contributed by atoms with Gasteiger partial charge >= 0.3 is 0 Å². The van der Waals surface area contributed by atoms with Gasteiger partial charge in [0.1, 0.15) is 18.5 Å². The number of ether oxygens (including phenoxy) is 1. The molecule has 1 atom stereocenters. The minimum atomic E-state index is -0.503. The molecule has 144 valence electrons. The van der Waals surface area contributed by atoms with Crippen molar-refractivity contribution in [3.63, 3.8) is 0 Å². The lowest BCUT2D eigenvalue weighted by molar-refractivity contribution is -0.133. The van der Waals surface area contributed by atoms with Crippen LogP contribution in [-0.2, 0) is 4.79 Å². The number of carbonyl (C=O) groups is 1. The molecule has 0 bridgehead atoms. The standard InChI is InChI=1S/C20H31N3O3/c24-18(17-26-19-7-3-1-4-8-19)15-21-11-13-22(14-12-21)16-20(25)23-9-5-2-6-10-23/h1,3-4,7-8,18,24H,2,5-6,9-17H2. The van der Waals surface area contributed by atoms with Crippen LogP contribution in [0.2, 0.25) is 0 Å². The van der Waals surface area contributed by atoms with Gasteiger partial charge in [0, 0.05) is 45.8 Å². The average Bonchev–Trinajstić information content (AvgIpc) is 2.69. The van der Waals surface area contributed by atoms with Gasteiger partial charge in [0.15, 0.2) is 0 Å². The number of hydrogen-bond donors (Lipinski definition) is 1. The Balaban J connectivity index is 1.32. The first-order chi connectivity index (χ1) is 12.7. The van der Waals surface area contributed by atoms with Crippen LogP contribution in [0.3, 0.4) is 0 Å². The minimum Gasteiger partial charge on any atom is -0.491 e. The highest BCUT2D eigenvalue weighted by atomic mass is 16.5. The van der Waals surface area contributed by atoms with E-state index in [1.165, 1.54) is 6.42 Å². The zero-order chi connectivity index (χ0) is 18.2. The Hall–Kier alpha value is -1.63. The number of likely N-dealkylation sites (tertiary alicyclic amines) is 1. The molecule has 2 heterocycles. The first-order valence-electron chi connectivity index (χ1n) is 9.79. The van der Waals surface area contributed by atoms with Crippen LogP contribution in [0.4, 0.5) is 0 Å². The molecule has 6 nitrogen and oxygen atoms in total. The normalized spacial score (nSPS) is 20.7. The molecule has 2 fully saturated rings. The molecule has 2 aliphatic heterocycles. The number of piperazine rings is 1. The van der Waals surface area contributed by atoms with Gasteiger partial charge in [0.05, 0.1) is 6.54 Å². The van der Waals surface area contributed by atoms with Gasteiger partial charge in [-0.05, 0) is 31.4 Å². The third-order valence-corrected chi connectivity index (χ3v) is 5.19. The second-order valence-corrected chi connectivity index (χ2v) is 7.30. The van der Waals surface area contributed by atoms with Crippen molar-refractivity contribution in [2.24, 2.45) is 0 Å². The van der Waals surface area contributed by atoms with Gasteiger partial charge in [-0.1, -0.05) is 18.2 Å². The highest BCUT2D eigenvalue weighted by molar-refractivity contribution is 5.78. The number of para-hydroxylation sites is 1. The van der Waals surface area contributed by atoms with Gasteiger partial charge < -0.3 is 14.7 Å². The summed E-state index contributed by atoms with van der Waals surface area (Å²) >= 11 is 0. The topological polar surface area (TPSA) is 56.3 Å². The number of carbonyl (C=O) groups excluding carboxylic acids is 1. The number of aliphatic hydroxyl groups excluding tert-OH is 1. The lowest BCUT2D eigenvalue weighted by Gasteiger charge is -2.36. The van der Waals surface area contributed by atoms with E-state index in [0.29, 0.717) is 19.7 Å².